The number of carbonyl (C=O) groups is 4. The Morgan fingerprint density at radius 1 is 0.941 bits per heavy atom. The molecule has 1 rings (SSSR count). The summed E-state index contributed by atoms with van der Waals surface area (Å²) in [7, 11) is 0. The molecule has 0 fully saturated rings. The standard InChI is InChI=1S/C23H36N4O6S/c1-14(2)11-19(23(32)33)27-21(30)17(9-10-34-3)25-22(31)18(26-20(29)16(24)13-28)12-15-7-5-4-6-8-15/h4-8,14,16-19,28H,9-13,24H2,1-3H3,(H,25,31)(H,26,29)(H,27,30)(H,32,33)/t16-,17-,18-,19-/m0/s1. The van der Waals surface area contributed by atoms with Crippen LogP contribution < -0.4 is 21.7 Å². The Morgan fingerprint density at radius 2 is 1.50 bits per heavy atom. The van der Waals surface area contributed by atoms with Crippen molar-refractivity contribution in [2.24, 2.45) is 11.7 Å². The van der Waals surface area contributed by atoms with Gasteiger partial charge < -0.3 is 31.9 Å². The van der Waals surface area contributed by atoms with Crippen LogP contribution in [0.3, 0.4) is 0 Å². The minimum absolute atomic E-state index is 0.0434. The summed E-state index contributed by atoms with van der Waals surface area (Å²) in [5.74, 6) is -2.48. The lowest BCUT2D eigenvalue weighted by atomic mass is 10.0. The second-order valence-electron chi connectivity index (χ2n) is 8.41. The molecule has 0 unspecified atom stereocenters. The van der Waals surface area contributed by atoms with Crippen LogP contribution in [0.15, 0.2) is 30.3 Å². The minimum atomic E-state index is -1.20. The van der Waals surface area contributed by atoms with E-state index in [9.17, 15) is 24.3 Å². The highest BCUT2D eigenvalue weighted by Gasteiger charge is 2.30. The van der Waals surface area contributed by atoms with Gasteiger partial charge in [0.1, 0.15) is 24.2 Å². The molecule has 34 heavy (non-hydrogen) atoms. The second kappa shape index (κ2) is 15.3. The number of hydrogen-bond acceptors (Lipinski definition) is 7. The van der Waals surface area contributed by atoms with Gasteiger partial charge in [0.25, 0.3) is 0 Å². The van der Waals surface area contributed by atoms with Gasteiger partial charge in [0.2, 0.25) is 17.7 Å². The van der Waals surface area contributed by atoms with Crippen LogP contribution in [-0.2, 0) is 25.6 Å². The van der Waals surface area contributed by atoms with Crippen LogP contribution in [0.25, 0.3) is 0 Å². The van der Waals surface area contributed by atoms with Crippen molar-refractivity contribution in [3.8, 4) is 0 Å². The first-order valence-electron chi connectivity index (χ1n) is 11.1. The molecule has 1 aromatic rings. The van der Waals surface area contributed by atoms with E-state index in [0.717, 1.165) is 5.56 Å². The van der Waals surface area contributed by atoms with Gasteiger partial charge >= 0.3 is 5.97 Å². The average molecular weight is 497 g/mol. The number of carbonyl (C=O) groups excluding carboxylic acids is 3. The number of aliphatic hydroxyl groups is 1. The van der Waals surface area contributed by atoms with E-state index in [0.29, 0.717) is 5.75 Å². The quantitative estimate of drug-likeness (QED) is 0.195. The van der Waals surface area contributed by atoms with Gasteiger partial charge in [-0.3, -0.25) is 14.4 Å². The van der Waals surface area contributed by atoms with Gasteiger partial charge in [0.05, 0.1) is 6.61 Å². The summed E-state index contributed by atoms with van der Waals surface area (Å²) < 4.78 is 0. The van der Waals surface area contributed by atoms with Crippen LogP contribution in [0.1, 0.15) is 32.3 Å². The molecule has 0 saturated carbocycles. The van der Waals surface area contributed by atoms with E-state index in [4.69, 9.17) is 10.8 Å². The highest BCUT2D eigenvalue weighted by molar-refractivity contribution is 7.98. The van der Waals surface area contributed by atoms with Crippen molar-refractivity contribution >= 4 is 35.5 Å². The third-order valence-electron chi connectivity index (χ3n) is 5.01. The van der Waals surface area contributed by atoms with Gasteiger partial charge in [-0.05, 0) is 36.3 Å². The Labute approximate surface area is 204 Å². The van der Waals surface area contributed by atoms with Crippen LogP contribution in [0.4, 0.5) is 0 Å². The summed E-state index contributed by atoms with van der Waals surface area (Å²) in [6.45, 7) is 3.11. The molecular formula is C23H36N4O6S. The lowest BCUT2D eigenvalue weighted by Crippen LogP contribution is -2.58. The number of benzene rings is 1. The van der Waals surface area contributed by atoms with Gasteiger partial charge in [-0.15, -0.1) is 0 Å². The highest BCUT2D eigenvalue weighted by atomic mass is 32.2. The molecule has 0 spiro atoms. The molecule has 11 heteroatoms. The number of nitrogens with two attached hydrogens (primary N) is 1. The first kappa shape index (κ1) is 29.4. The Morgan fingerprint density at radius 3 is 2.03 bits per heavy atom. The van der Waals surface area contributed by atoms with Gasteiger partial charge in [-0.1, -0.05) is 44.2 Å². The van der Waals surface area contributed by atoms with E-state index in [1.165, 1.54) is 11.8 Å². The zero-order chi connectivity index (χ0) is 25.7. The number of aliphatic hydroxyl groups excluding tert-OH is 1. The molecule has 0 radical (unpaired) electrons. The molecule has 0 saturated heterocycles. The summed E-state index contributed by atoms with van der Waals surface area (Å²) in [6.07, 6.45) is 2.51. The maximum atomic E-state index is 13.1. The predicted octanol–water partition coefficient (Wildman–Crippen LogP) is -0.113. The van der Waals surface area contributed by atoms with E-state index in [-0.39, 0.29) is 25.2 Å². The van der Waals surface area contributed by atoms with Crippen molar-refractivity contribution < 1.29 is 29.4 Å². The minimum Gasteiger partial charge on any atom is -0.480 e. The smallest absolute Gasteiger partial charge is 0.326 e. The van der Waals surface area contributed by atoms with Crippen molar-refractivity contribution in [1.82, 2.24) is 16.0 Å². The van der Waals surface area contributed by atoms with E-state index >= 15 is 0 Å². The van der Waals surface area contributed by atoms with E-state index in [1.807, 2.05) is 26.2 Å². The van der Waals surface area contributed by atoms with Crippen LogP contribution >= 0.6 is 11.8 Å². The fourth-order valence-electron chi connectivity index (χ4n) is 3.16. The Kier molecular flexibility index (Phi) is 13.2. The lowest BCUT2D eigenvalue weighted by Gasteiger charge is -2.25. The second-order valence-corrected chi connectivity index (χ2v) is 9.40. The fraction of sp³-hybridized carbons (Fsp3) is 0.565. The van der Waals surface area contributed by atoms with Gasteiger partial charge in [0.15, 0.2) is 0 Å². The molecule has 4 atom stereocenters. The Hall–Kier alpha value is -2.63. The summed E-state index contributed by atoms with van der Waals surface area (Å²) >= 11 is 1.48. The number of thioether (sulfide) groups is 1. The number of aliphatic carboxylic acids is 1. The summed E-state index contributed by atoms with van der Waals surface area (Å²) in [6, 6.07) is 4.66. The third kappa shape index (κ3) is 10.5. The van der Waals surface area contributed by atoms with Crippen LogP contribution in [0.5, 0.6) is 0 Å². The topological polar surface area (TPSA) is 171 Å². The van der Waals surface area contributed by atoms with Gasteiger partial charge in [-0.2, -0.15) is 11.8 Å². The summed E-state index contributed by atoms with van der Waals surface area (Å²) in [5, 5.41) is 26.3. The molecule has 7 N–H and O–H groups in total. The first-order valence-corrected chi connectivity index (χ1v) is 12.5. The van der Waals surface area contributed by atoms with Crippen molar-refractivity contribution in [1.29, 1.82) is 0 Å². The van der Waals surface area contributed by atoms with Gasteiger partial charge in [-0.25, -0.2) is 4.79 Å². The molecule has 0 aliphatic heterocycles. The summed E-state index contributed by atoms with van der Waals surface area (Å²) in [5.41, 5.74) is 6.35. The maximum absolute atomic E-state index is 13.1. The van der Waals surface area contributed by atoms with Crippen molar-refractivity contribution in [2.75, 3.05) is 18.6 Å². The van der Waals surface area contributed by atoms with Crippen molar-refractivity contribution in [3.05, 3.63) is 35.9 Å². The monoisotopic (exact) mass is 496 g/mol. The first-order chi connectivity index (χ1) is 16.1. The molecule has 10 nitrogen and oxygen atoms in total. The number of carboxylic acids is 1. The van der Waals surface area contributed by atoms with E-state index < -0.39 is 54.5 Å². The van der Waals surface area contributed by atoms with E-state index in [1.54, 1.807) is 24.3 Å². The maximum Gasteiger partial charge on any atom is 0.326 e. The molecule has 0 aliphatic carbocycles. The largest absolute Gasteiger partial charge is 0.480 e. The zero-order valence-electron chi connectivity index (χ0n) is 19.8. The molecule has 0 aliphatic rings. The molecule has 0 heterocycles. The molecule has 3 amide bonds. The number of amides is 3. The lowest BCUT2D eigenvalue weighted by molar-refractivity contribution is -0.142. The third-order valence-corrected chi connectivity index (χ3v) is 5.66. The predicted molar refractivity (Wildman–Crippen MR) is 131 cm³/mol. The van der Waals surface area contributed by atoms with Crippen LogP contribution in [-0.4, -0.2) is 76.7 Å². The summed E-state index contributed by atoms with van der Waals surface area (Å²) in [4.78, 5) is 49.9. The Balaban J connectivity index is 3.04. The zero-order valence-corrected chi connectivity index (χ0v) is 20.6. The SMILES string of the molecule is CSCC[C@H](NC(=O)[C@H](Cc1ccccc1)NC(=O)[C@@H](N)CO)C(=O)N[C@@H](CC(C)C)C(=O)O. The van der Waals surface area contributed by atoms with Gasteiger partial charge in [0, 0.05) is 6.42 Å². The van der Waals surface area contributed by atoms with E-state index in [2.05, 4.69) is 16.0 Å². The van der Waals surface area contributed by atoms with Crippen LogP contribution in [0.2, 0.25) is 0 Å². The molecule has 0 bridgehead atoms. The van der Waals surface area contributed by atoms with Crippen molar-refractivity contribution in [2.45, 2.75) is 57.3 Å². The number of rotatable bonds is 15. The Bertz CT molecular complexity index is 808. The fourth-order valence-corrected chi connectivity index (χ4v) is 3.63. The van der Waals surface area contributed by atoms with Crippen molar-refractivity contribution in [3.63, 3.8) is 0 Å². The number of nitrogens with one attached hydrogen (secondary N) is 3. The number of hydrogen-bond donors (Lipinski definition) is 6. The number of carboxylic acid groups (broad SMARTS) is 1. The molecule has 190 valence electrons. The molecule has 0 aromatic heterocycles. The molecule has 1 aromatic carbocycles. The molecular weight excluding hydrogens is 460 g/mol. The van der Waals surface area contributed by atoms with Crippen LogP contribution in [0, 0.1) is 5.92 Å². The highest BCUT2D eigenvalue weighted by Crippen LogP contribution is 2.09. The average Bonchev–Trinajstić information content (AvgIpc) is 2.80. The normalized spacial score (nSPS) is 14.5.